The van der Waals surface area contributed by atoms with Crippen LogP contribution in [-0.4, -0.2) is 6.61 Å². The first-order valence-electron chi connectivity index (χ1n) is 7.28. The predicted octanol–water partition coefficient (Wildman–Crippen LogP) is 5.45. The molecule has 0 aromatic heterocycles. The summed E-state index contributed by atoms with van der Waals surface area (Å²) < 4.78 is 18.6. The van der Waals surface area contributed by atoms with Crippen LogP contribution in [0.1, 0.15) is 32.6 Å². The van der Waals surface area contributed by atoms with E-state index in [1.54, 1.807) is 12.1 Å². The fourth-order valence-corrected chi connectivity index (χ4v) is 2.10. The number of halogens is 1. The van der Waals surface area contributed by atoms with Crippen LogP contribution in [0, 0.1) is 5.82 Å². The molecule has 0 saturated carbocycles. The maximum absolute atomic E-state index is 12.9. The van der Waals surface area contributed by atoms with Crippen molar-refractivity contribution in [2.24, 2.45) is 0 Å². The van der Waals surface area contributed by atoms with Crippen LogP contribution >= 0.6 is 0 Å². The van der Waals surface area contributed by atoms with Crippen LogP contribution in [0.15, 0.2) is 48.5 Å². The Balaban J connectivity index is 1.88. The van der Waals surface area contributed by atoms with Gasteiger partial charge in [0.1, 0.15) is 11.6 Å². The van der Waals surface area contributed by atoms with Crippen LogP contribution < -0.4 is 4.74 Å². The topological polar surface area (TPSA) is 9.23 Å². The summed E-state index contributed by atoms with van der Waals surface area (Å²) in [6.45, 7) is 2.98. The van der Waals surface area contributed by atoms with Gasteiger partial charge in [-0.05, 0) is 41.8 Å². The molecule has 0 aliphatic heterocycles. The number of rotatable bonds is 7. The highest BCUT2D eigenvalue weighted by atomic mass is 19.1. The molecular formula is C18H21FO. The lowest BCUT2D eigenvalue weighted by molar-refractivity contribution is 0.305. The van der Waals surface area contributed by atoms with Crippen LogP contribution in [0.5, 0.6) is 5.75 Å². The van der Waals surface area contributed by atoms with Gasteiger partial charge < -0.3 is 4.74 Å². The lowest BCUT2D eigenvalue weighted by Gasteiger charge is -2.07. The van der Waals surface area contributed by atoms with E-state index >= 15 is 0 Å². The van der Waals surface area contributed by atoms with Crippen molar-refractivity contribution in [2.45, 2.75) is 32.6 Å². The Kier molecular flexibility index (Phi) is 5.60. The predicted molar refractivity (Wildman–Crippen MR) is 81.5 cm³/mol. The van der Waals surface area contributed by atoms with Crippen molar-refractivity contribution in [1.82, 2.24) is 0 Å². The molecule has 0 radical (unpaired) electrons. The maximum atomic E-state index is 12.9. The number of hydrogen-bond donors (Lipinski definition) is 0. The molecule has 1 nitrogen and oxygen atoms in total. The number of ether oxygens (including phenoxy) is 1. The van der Waals surface area contributed by atoms with E-state index in [0.29, 0.717) is 0 Å². The lowest BCUT2D eigenvalue weighted by Crippen LogP contribution is -1.96. The summed E-state index contributed by atoms with van der Waals surface area (Å²) in [6, 6.07) is 14.5. The molecule has 0 fully saturated rings. The fourth-order valence-electron chi connectivity index (χ4n) is 2.10. The molecule has 0 unspecified atom stereocenters. The molecule has 2 aromatic carbocycles. The van der Waals surface area contributed by atoms with Gasteiger partial charge in [0.2, 0.25) is 0 Å². The van der Waals surface area contributed by atoms with E-state index in [0.717, 1.165) is 29.9 Å². The molecule has 0 spiro atoms. The summed E-state index contributed by atoms with van der Waals surface area (Å²) >= 11 is 0. The third-order valence-corrected chi connectivity index (χ3v) is 3.30. The summed E-state index contributed by atoms with van der Waals surface area (Å²) in [5.41, 5.74) is 2.09. The molecule has 2 aromatic rings. The first kappa shape index (κ1) is 14.6. The van der Waals surface area contributed by atoms with Crippen LogP contribution in [-0.2, 0) is 0 Å². The van der Waals surface area contributed by atoms with Crippen molar-refractivity contribution in [3.8, 4) is 16.9 Å². The third kappa shape index (κ3) is 4.37. The zero-order valence-electron chi connectivity index (χ0n) is 11.9. The van der Waals surface area contributed by atoms with Crippen LogP contribution in [0.2, 0.25) is 0 Å². The maximum Gasteiger partial charge on any atom is 0.123 e. The summed E-state index contributed by atoms with van der Waals surface area (Å²) in [5.74, 6) is 0.688. The molecule has 106 valence electrons. The second-order valence-corrected chi connectivity index (χ2v) is 4.94. The van der Waals surface area contributed by atoms with Crippen molar-refractivity contribution in [1.29, 1.82) is 0 Å². The minimum absolute atomic E-state index is 0.208. The van der Waals surface area contributed by atoms with E-state index in [-0.39, 0.29) is 5.82 Å². The van der Waals surface area contributed by atoms with Crippen LogP contribution in [0.4, 0.5) is 4.39 Å². The monoisotopic (exact) mass is 272 g/mol. The average Bonchev–Trinajstić information content (AvgIpc) is 2.49. The summed E-state index contributed by atoms with van der Waals surface area (Å²) in [4.78, 5) is 0. The SMILES string of the molecule is CCCCCCOc1ccc(-c2ccc(F)cc2)cc1. The van der Waals surface area contributed by atoms with E-state index < -0.39 is 0 Å². The van der Waals surface area contributed by atoms with Crippen molar-refractivity contribution in [3.05, 3.63) is 54.3 Å². The zero-order valence-corrected chi connectivity index (χ0v) is 11.9. The minimum atomic E-state index is -0.208. The smallest absolute Gasteiger partial charge is 0.123 e. The van der Waals surface area contributed by atoms with Gasteiger partial charge >= 0.3 is 0 Å². The first-order chi connectivity index (χ1) is 9.79. The quantitative estimate of drug-likeness (QED) is 0.609. The number of hydrogen-bond acceptors (Lipinski definition) is 1. The summed E-state index contributed by atoms with van der Waals surface area (Å²) in [7, 11) is 0. The highest BCUT2D eigenvalue weighted by Gasteiger charge is 1.99. The third-order valence-electron chi connectivity index (χ3n) is 3.30. The molecule has 0 aliphatic rings. The lowest BCUT2D eigenvalue weighted by atomic mass is 10.1. The molecule has 0 amide bonds. The summed E-state index contributed by atoms with van der Waals surface area (Å²) in [5, 5.41) is 0. The molecular weight excluding hydrogens is 251 g/mol. The van der Waals surface area contributed by atoms with Crippen LogP contribution in [0.3, 0.4) is 0 Å². The molecule has 2 heteroatoms. The second kappa shape index (κ2) is 7.68. The molecule has 2 rings (SSSR count). The van der Waals surface area contributed by atoms with Gasteiger partial charge in [0, 0.05) is 0 Å². The summed E-state index contributed by atoms with van der Waals surface area (Å²) in [6.07, 6.45) is 4.84. The van der Waals surface area contributed by atoms with Gasteiger partial charge in [-0.25, -0.2) is 4.39 Å². The Bertz CT molecular complexity index is 502. The number of benzene rings is 2. The van der Waals surface area contributed by atoms with Crippen molar-refractivity contribution < 1.29 is 9.13 Å². The molecule has 20 heavy (non-hydrogen) atoms. The van der Waals surface area contributed by atoms with E-state index in [9.17, 15) is 4.39 Å². The van der Waals surface area contributed by atoms with Gasteiger partial charge in [-0.15, -0.1) is 0 Å². The Hall–Kier alpha value is -1.83. The largest absolute Gasteiger partial charge is 0.494 e. The van der Waals surface area contributed by atoms with E-state index in [4.69, 9.17) is 4.74 Å². The minimum Gasteiger partial charge on any atom is -0.494 e. The fraction of sp³-hybridized carbons (Fsp3) is 0.333. The van der Waals surface area contributed by atoms with Gasteiger partial charge in [0.05, 0.1) is 6.61 Å². The Morgan fingerprint density at radius 1 is 0.800 bits per heavy atom. The average molecular weight is 272 g/mol. The van der Waals surface area contributed by atoms with Gasteiger partial charge in [-0.2, -0.15) is 0 Å². The molecule has 0 N–H and O–H groups in total. The van der Waals surface area contributed by atoms with E-state index in [1.807, 2.05) is 24.3 Å². The van der Waals surface area contributed by atoms with Gasteiger partial charge in [0.15, 0.2) is 0 Å². The Labute approximate surface area is 120 Å². The molecule has 0 aliphatic carbocycles. The van der Waals surface area contributed by atoms with E-state index in [1.165, 1.54) is 31.4 Å². The highest BCUT2D eigenvalue weighted by Crippen LogP contribution is 2.22. The van der Waals surface area contributed by atoms with Crippen molar-refractivity contribution >= 4 is 0 Å². The molecule has 0 bridgehead atoms. The number of unbranched alkanes of at least 4 members (excludes halogenated alkanes) is 3. The normalized spacial score (nSPS) is 10.5. The van der Waals surface area contributed by atoms with Gasteiger partial charge in [0.25, 0.3) is 0 Å². The van der Waals surface area contributed by atoms with Crippen molar-refractivity contribution in [2.75, 3.05) is 6.61 Å². The standard InChI is InChI=1S/C18H21FO/c1-2-3-4-5-14-20-18-12-8-16(9-13-18)15-6-10-17(19)11-7-15/h6-13H,2-5,14H2,1H3. The van der Waals surface area contributed by atoms with Crippen molar-refractivity contribution in [3.63, 3.8) is 0 Å². The second-order valence-electron chi connectivity index (χ2n) is 4.94. The first-order valence-corrected chi connectivity index (χ1v) is 7.28. The molecule has 0 heterocycles. The van der Waals surface area contributed by atoms with Crippen LogP contribution in [0.25, 0.3) is 11.1 Å². The molecule has 0 atom stereocenters. The van der Waals surface area contributed by atoms with E-state index in [2.05, 4.69) is 6.92 Å². The Morgan fingerprint density at radius 3 is 2.00 bits per heavy atom. The van der Waals surface area contributed by atoms with Gasteiger partial charge in [-0.3, -0.25) is 0 Å². The van der Waals surface area contributed by atoms with Gasteiger partial charge in [-0.1, -0.05) is 50.5 Å². The zero-order chi connectivity index (χ0) is 14.2. The Morgan fingerprint density at radius 2 is 1.40 bits per heavy atom. The molecule has 0 saturated heterocycles. The highest BCUT2D eigenvalue weighted by molar-refractivity contribution is 5.63.